The average Bonchev–Trinajstić information content (AvgIpc) is 2.98. The van der Waals surface area contributed by atoms with Gasteiger partial charge in [-0.15, -0.1) is 11.3 Å². The molecule has 2 nitrogen and oxygen atoms in total. The largest absolute Gasteiger partial charge is 0.377 e. The third-order valence-corrected chi connectivity index (χ3v) is 5.80. The monoisotopic (exact) mass is 293 g/mol. The van der Waals surface area contributed by atoms with Crippen molar-refractivity contribution < 1.29 is 4.74 Å². The first-order valence-electron chi connectivity index (χ1n) is 8.07. The predicted octanol–water partition coefficient (Wildman–Crippen LogP) is 3.86. The Morgan fingerprint density at radius 2 is 2.30 bits per heavy atom. The molecular weight excluding hydrogens is 266 g/mol. The van der Waals surface area contributed by atoms with Gasteiger partial charge >= 0.3 is 0 Å². The minimum atomic E-state index is 0.370. The lowest BCUT2D eigenvalue weighted by Crippen LogP contribution is -2.44. The van der Waals surface area contributed by atoms with Crippen molar-refractivity contribution in [2.45, 2.75) is 58.1 Å². The van der Waals surface area contributed by atoms with Crippen LogP contribution in [0.1, 0.15) is 44.4 Å². The molecule has 0 spiro atoms. The molecule has 0 amide bonds. The van der Waals surface area contributed by atoms with Crippen LogP contribution in [0.3, 0.4) is 0 Å². The molecule has 3 rings (SSSR count). The van der Waals surface area contributed by atoms with E-state index < -0.39 is 0 Å². The van der Waals surface area contributed by atoms with Crippen molar-refractivity contribution in [2.24, 2.45) is 11.3 Å². The van der Waals surface area contributed by atoms with Gasteiger partial charge in [-0.25, -0.2) is 0 Å². The summed E-state index contributed by atoms with van der Waals surface area (Å²) in [7, 11) is 0. The van der Waals surface area contributed by atoms with Gasteiger partial charge in [0, 0.05) is 29.5 Å². The highest BCUT2D eigenvalue weighted by Crippen LogP contribution is 2.49. The lowest BCUT2D eigenvalue weighted by atomic mass is 9.74. The van der Waals surface area contributed by atoms with E-state index in [-0.39, 0.29) is 0 Å². The summed E-state index contributed by atoms with van der Waals surface area (Å²) in [4.78, 5) is 1.52. The van der Waals surface area contributed by atoms with Crippen LogP contribution in [0.25, 0.3) is 0 Å². The minimum absolute atomic E-state index is 0.370. The SMILES string of the molecule is CC(C)NCC1(CCc2cccs2)CCOC1C1CC1. The Balaban J connectivity index is 1.68. The molecule has 2 aliphatic rings. The van der Waals surface area contributed by atoms with Gasteiger partial charge in [-0.2, -0.15) is 0 Å². The van der Waals surface area contributed by atoms with E-state index in [1.165, 1.54) is 37.0 Å². The number of ether oxygens (including phenoxy) is 1. The van der Waals surface area contributed by atoms with Crippen LogP contribution in [-0.2, 0) is 11.2 Å². The molecule has 1 aromatic rings. The molecule has 2 unspecified atom stereocenters. The highest BCUT2D eigenvalue weighted by atomic mass is 32.1. The van der Waals surface area contributed by atoms with Gasteiger partial charge in [0.2, 0.25) is 0 Å². The summed E-state index contributed by atoms with van der Waals surface area (Å²) in [6, 6.07) is 5.01. The number of rotatable bonds is 7. The van der Waals surface area contributed by atoms with Gasteiger partial charge in [0.25, 0.3) is 0 Å². The average molecular weight is 293 g/mol. The highest BCUT2D eigenvalue weighted by Gasteiger charge is 2.50. The normalized spacial score (nSPS) is 30.2. The molecule has 1 saturated heterocycles. The fourth-order valence-corrected chi connectivity index (χ4v) is 4.23. The smallest absolute Gasteiger partial charge is 0.0672 e. The number of nitrogens with one attached hydrogen (secondary N) is 1. The first-order valence-corrected chi connectivity index (χ1v) is 8.95. The van der Waals surface area contributed by atoms with E-state index in [9.17, 15) is 0 Å². The maximum Gasteiger partial charge on any atom is 0.0672 e. The zero-order chi connectivity index (χ0) is 14.0. The van der Waals surface area contributed by atoms with Crippen LogP contribution in [0, 0.1) is 11.3 Å². The second kappa shape index (κ2) is 6.17. The van der Waals surface area contributed by atoms with Gasteiger partial charge in [0.1, 0.15) is 0 Å². The van der Waals surface area contributed by atoms with E-state index in [1.54, 1.807) is 0 Å². The molecule has 1 N–H and O–H groups in total. The van der Waals surface area contributed by atoms with Crippen molar-refractivity contribution in [3.05, 3.63) is 22.4 Å². The van der Waals surface area contributed by atoms with Crippen molar-refractivity contribution in [2.75, 3.05) is 13.2 Å². The molecule has 20 heavy (non-hydrogen) atoms. The van der Waals surface area contributed by atoms with E-state index in [2.05, 4.69) is 36.7 Å². The van der Waals surface area contributed by atoms with Crippen molar-refractivity contribution in [1.82, 2.24) is 5.32 Å². The quantitative estimate of drug-likeness (QED) is 0.824. The van der Waals surface area contributed by atoms with E-state index in [4.69, 9.17) is 4.74 Å². The van der Waals surface area contributed by atoms with Crippen LogP contribution in [0.5, 0.6) is 0 Å². The third kappa shape index (κ3) is 3.26. The molecule has 1 aromatic heterocycles. The summed E-state index contributed by atoms with van der Waals surface area (Å²) in [6.45, 7) is 6.58. The molecule has 112 valence electrons. The summed E-state index contributed by atoms with van der Waals surface area (Å²) in [5.41, 5.74) is 0.370. The first-order chi connectivity index (χ1) is 9.70. The molecule has 3 heteroatoms. The standard InChI is InChI=1S/C17H27NOS/c1-13(2)18-12-17(8-7-15-4-3-11-20-15)9-10-19-16(17)14-5-6-14/h3-4,11,13-14,16,18H,5-10,12H2,1-2H3. The van der Waals surface area contributed by atoms with Crippen molar-refractivity contribution >= 4 is 11.3 Å². The summed E-state index contributed by atoms with van der Waals surface area (Å²) in [6.07, 6.45) is 6.99. The number of hydrogen-bond donors (Lipinski definition) is 1. The lowest BCUT2D eigenvalue weighted by molar-refractivity contribution is 0.0259. The number of hydrogen-bond acceptors (Lipinski definition) is 3. The first kappa shape index (κ1) is 14.6. The van der Waals surface area contributed by atoms with Crippen molar-refractivity contribution in [1.29, 1.82) is 0 Å². The van der Waals surface area contributed by atoms with Gasteiger partial charge in [0.15, 0.2) is 0 Å². The molecule has 1 aliphatic heterocycles. The summed E-state index contributed by atoms with van der Waals surface area (Å²) >= 11 is 1.89. The van der Waals surface area contributed by atoms with Crippen molar-refractivity contribution in [3.8, 4) is 0 Å². The van der Waals surface area contributed by atoms with Crippen LogP contribution in [0.4, 0.5) is 0 Å². The van der Waals surface area contributed by atoms with E-state index in [0.29, 0.717) is 17.6 Å². The molecule has 0 radical (unpaired) electrons. The van der Waals surface area contributed by atoms with E-state index in [0.717, 1.165) is 19.1 Å². The summed E-state index contributed by atoms with van der Waals surface area (Å²) in [5, 5.41) is 5.89. The zero-order valence-corrected chi connectivity index (χ0v) is 13.5. The van der Waals surface area contributed by atoms with Crippen LogP contribution in [0.15, 0.2) is 17.5 Å². The topological polar surface area (TPSA) is 21.3 Å². The Morgan fingerprint density at radius 1 is 1.45 bits per heavy atom. The summed E-state index contributed by atoms with van der Waals surface area (Å²) in [5.74, 6) is 0.842. The van der Waals surface area contributed by atoms with Crippen LogP contribution >= 0.6 is 11.3 Å². The van der Waals surface area contributed by atoms with E-state index in [1.807, 2.05) is 11.3 Å². The Kier molecular flexibility index (Phi) is 4.49. The maximum absolute atomic E-state index is 6.16. The third-order valence-electron chi connectivity index (χ3n) is 4.86. The van der Waals surface area contributed by atoms with Gasteiger partial charge in [-0.1, -0.05) is 19.9 Å². The predicted molar refractivity (Wildman–Crippen MR) is 85.3 cm³/mol. The van der Waals surface area contributed by atoms with Crippen molar-refractivity contribution in [3.63, 3.8) is 0 Å². The second-order valence-corrected chi connectivity index (χ2v) is 7.89. The molecule has 2 atom stereocenters. The maximum atomic E-state index is 6.16. The summed E-state index contributed by atoms with van der Waals surface area (Å²) < 4.78 is 6.16. The fraction of sp³-hybridized carbons (Fsp3) is 0.765. The zero-order valence-electron chi connectivity index (χ0n) is 12.7. The molecule has 0 bridgehead atoms. The Hall–Kier alpha value is -0.380. The van der Waals surface area contributed by atoms with Crippen LogP contribution in [-0.4, -0.2) is 25.3 Å². The fourth-order valence-electron chi connectivity index (χ4n) is 3.52. The van der Waals surface area contributed by atoms with Gasteiger partial charge in [0.05, 0.1) is 6.10 Å². The molecule has 2 fully saturated rings. The van der Waals surface area contributed by atoms with Crippen LogP contribution in [0.2, 0.25) is 0 Å². The molecule has 1 saturated carbocycles. The number of aryl methyl sites for hydroxylation is 1. The molecule has 0 aromatic carbocycles. The molecule has 1 aliphatic carbocycles. The van der Waals surface area contributed by atoms with Gasteiger partial charge in [-0.3, -0.25) is 0 Å². The Bertz CT molecular complexity index is 413. The lowest BCUT2D eigenvalue weighted by Gasteiger charge is -2.35. The van der Waals surface area contributed by atoms with Crippen LogP contribution < -0.4 is 5.32 Å². The Labute approximate surface area is 126 Å². The van der Waals surface area contributed by atoms with Gasteiger partial charge < -0.3 is 10.1 Å². The highest BCUT2D eigenvalue weighted by molar-refractivity contribution is 7.09. The van der Waals surface area contributed by atoms with E-state index >= 15 is 0 Å². The Morgan fingerprint density at radius 3 is 2.95 bits per heavy atom. The van der Waals surface area contributed by atoms with Gasteiger partial charge in [-0.05, 0) is 49.5 Å². The number of thiophene rings is 1. The minimum Gasteiger partial charge on any atom is -0.377 e. The molecular formula is C17H27NOS. The second-order valence-electron chi connectivity index (χ2n) is 6.86. The molecule has 2 heterocycles.